The monoisotopic (exact) mass is 781 g/mol. The standard InChI is InChI=1S/C40H34BCl2N3O9/c1-54-24-12-9-20(10-13-24)40-28(37(49)46(39(40)51)44-30-16-11-22(42)18-29(30)43)19-27-25(35(40)34-31(47)7-4-8-32(34)55-2)14-15-26-33(27)38(50)45(36(26)48)23-6-3-5-21(17-23)41(52)53/h3-14,16-18,26-28,33,35,44,47,52-53H,15,19H2,1-2H3. The lowest BCUT2D eigenvalue weighted by atomic mass is 9.49. The summed E-state index contributed by atoms with van der Waals surface area (Å²) in [6.07, 6.45) is 1.97. The van der Waals surface area contributed by atoms with Crippen LogP contribution in [0.1, 0.15) is 29.9 Å². The molecule has 55 heavy (non-hydrogen) atoms. The molecule has 2 heterocycles. The Balaban J connectivity index is 1.34. The second kappa shape index (κ2) is 13.8. The quantitative estimate of drug-likeness (QED) is 0.113. The number of phenols is 1. The average molecular weight is 782 g/mol. The van der Waals surface area contributed by atoms with Gasteiger partial charge in [-0.05, 0) is 84.4 Å². The molecule has 3 fully saturated rings. The second-order valence-electron chi connectivity index (χ2n) is 14.1. The SMILES string of the molecule is COc1ccc(C23C(=O)N(Nc4ccc(Cl)cc4Cl)C(=O)C2CC2C(=CCC4C(=O)N(c5cccc(B(O)O)c5)C(=O)C42)C3c2c(O)cccc2OC)cc1. The number of aromatic hydroxyl groups is 1. The van der Waals surface area contributed by atoms with Gasteiger partial charge < -0.3 is 24.6 Å². The molecule has 2 aliphatic heterocycles. The topological polar surface area (TPSA) is 166 Å². The Kier molecular flexibility index (Phi) is 9.16. The number of allylic oxidation sites excluding steroid dienone is 2. The molecule has 0 bridgehead atoms. The highest BCUT2D eigenvalue weighted by Crippen LogP contribution is 2.66. The lowest BCUT2D eigenvalue weighted by molar-refractivity contribution is -0.138. The summed E-state index contributed by atoms with van der Waals surface area (Å²) < 4.78 is 11.3. The van der Waals surface area contributed by atoms with E-state index in [9.17, 15) is 29.5 Å². The number of nitrogens with one attached hydrogen (secondary N) is 1. The molecule has 280 valence electrons. The molecule has 4 aromatic rings. The summed E-state index contributed by atoms with van der Waals surface area (Å²) in [6.45, 7) is 0. The number of rotatable bonds is 8. The van der Waals surface area contributed by atoms with Gasteiger partial charge in [0.1, 0.15) is 17.2 Å². The summed E-state index contributed by atoms with van der Waals surface area (Å²) in [5, 5.41) is 32.9. The first-order valence-corrected chi connectivity index (χ1v) is 18.3. The van der Waals surface area contributed by atoms with E-state index in [4.69, 9.17) is 32.7 Å². The Labute approximate surface area is 326 Å². The highest BCUT2D eigenvalue weighted by Gasteiger charge is 2.71. The summed E-state index contributed by atoms with van der Waals surface area (Å²) in [7, 11) is 1.12. The summed E-state index contributed by atoms with van der Waals surface area (Å²) in [6, 6.07) is 22.1. The first kappa shape index (κ1) is 36.6. The number of methoxy groups -OCH3 is 2. The molecule has 4 amide bonds. The van der Waals surface area contributed by atoms with Gasteiger partial charge in [0.15, 0.2) is 0 Å². The number of hydrogen-bond acceptors (Lipinski definition) is 10. The number of ether oxygens (including phenoxy) is 2. The van der Waals surface area contributed by atoms with Crippen molar-refractivity contribution in [2.24, 2.45) is 23.7 Å². The molecule has 8 rings (SSSR count). The molecule has 1 saturated carbocycles. The maximum Gasteiger partial charge on any atom is 0.488 e. The van der Waals surface area contributed by atoms with Gasteiger partial charge in [0.05, 0.1) is 53.8 Å². The van der Waals surface area contributed by atoms with E-state index >= 15 is 4.79 Å². The van der Waals surface area contributed by atoms with Crippen molar-refractivity contribution in [1.29, 1.82) is 0 Å². The third-order valence-corrected chi connectivity index (χ3v) is 12.1. The summed E-state index contributed by atoms with van der Waals surface area (Å²) >= 11 is 12.7. The van der Waals surface area contributed by atoms with E-state index in [1.165, 1.54) is 44.6 Å². The van der Waals surface area contributed by atoms with Crippen LogP contribution in [0.15, 0.2) is 96.6 Å². The van der Waals surface area contributed by atoms with E-state index < -0.39 is 65.8 Å². The molecule has 4 aliphatic rings. The fraction of sp³-hybridized carbons (Fsp3) is 0.250. The molecule has 2 aliphatic carbocycles. The molecule has 4 N–H and O–H groups in total. The zero-order valence-electron chi connectivity index (χ0n) is 29.5. The lowest BCUT2D eigenvalue weighted by Gasteiger charge is -2.50. The van der Waals surface area contributed by atoms with Gasteiger partial charge in [0.25, 0.3) is 11.8 Å². The number of anilines is 2. The second-order valence-corrected chi connectivity index (χ2v) is 14.9. The molecule has 12 nitrogen and oxygen atoms in total. The minimum absolute atomic E-state index is 0.00913. The molecule has 4 aromatic carbocycles. The predicted molar refractivity (Wildman–Crippen MR) is 204 cm³/mol. The van der Waals surface area contributed by atoms with Crippen molar-refractivity contribution in [3.05, 3.63) is 118 Å². The smallest absolute Gasteiger partial charge is 0.488 e. The molecule has 0 radical (unpaired) electrons. The lowest BCUT2D eigenvalue weighted by Crippen LogP contribution is -2.53. The van der Waals surface area contributed by atoms with Crippen LogP contribution in [0.3, 0.4) is 0 Å². The van der Waals surface area contributed by atoms with Gasteiger partial charge in [-0.2, -0.15) is 5.01 Å². The van der Waals surface area contributed by atoms with Crippen molar-refractivity contribution >= 4 is 70.8 Å². The van der Waals surface area contributed by atoms with Crippen LogP contribution in [0, 0.1) is 23.7 Å². The molecule has 15 heteroatoms. The van der Waals surface area contributed by atoms with Crippen LogP contribution in [-0.2, 0) is 24.6 Å². The number of amides is 4. The molecule has 2 saturated heterocycles. The van der Waals surface area contributed by atoms with Crippen molar-refractivity contribution in [1.82, 2.24) is 5.01 Å². The van der Waals surface area contributed by atoms with Gasteiger partial charge >= 0.3 is 7.12 Å². The van der Waals surface area contributed by atoms with Gasteiger partial charge in [-0.1, -0.05) is 65.2 Å². The van der Waals surface area contributed by atoms with Gasteiger partial charge in [-0.3, -0.25) is 29.5 Å². The number of carbonyl (C=O) groups excluding carboxylic acids is 4. The van der Waals surface area contributed by atoms with Gasteiger partial charge in [-0.25, -0.2) is 0 Å². The number of nitrogens with zero attached hydrogens (tertiary/aromatic N) is 2. The van der Waals surface area contributed by atoms with Crippen LogP contribution < -0.4 is 25.3 Å². The third kappa shape index (κ3) is 5.51. The molecule has 0 aromatic heterocycles. The average Bonchev–Trinajstić information content (AvgIpc) is 3.56. The number of hydrogen-bond donors (Lipinski definition) is 4. The Morgan fingerprint density at radius 2 is 1.60 bits per heavy atom. The maximum absolute atomic E-state index is 15.5. The van der Waals surface area contributed by atoms with Gasteiger partial charge in [0, 0.05) is 16.5 Å². The Hall–Kier alpha value is -5.34. The normalized spacial score (nSPS) is 25.6. The highest BCUT2D eigenvalue weighted by molar-refractivity contribution is 6.58. The van der Waals surface area contributed by atoms with Crippen LogP contribution in [0.25, 0.3) is 0 Å². The Morgan fingerprint density at radius 3 is 2.29 bits per heavy atom. The number of benzene rings is 4. The largest absolute Gasteiger partial charge is 0.508 e. The van der Waals surface area contributed by atoms with Gasteiger partial charge in [0.2, 0.25) is 11.8 Å². The molecule has 6 unspecified atom stereocenters. The first-order chi connectivity index (χ1) is 26.4. The number of carbonyl (C=O) groups is 4. The summed E-state index contributed by atoms with van der Waals surface area (Å²) in [5.41, 5.74) is 3.05. The van der Waals surface area contributed by atoms with Crippen molar-refractivity contribution < 1.29 is 43.8 Å². The molecule has 6 atom stereocenters. The van der Waals surface area contributed by atoms with E-state index in [-0.39, 0.29) is 51.8 Å². The van der Waals surface area contributed by atoms with Crippen LogP contribution in [-0.4, -0.2) is 65.1 Å². The summed E-state index contributed by atoms with van der Waals surface area (Å²) in [5.74, 6) is -6.36. The van der Waals surface area contributed by atoms with E-state index in [0.717, 1.165) is 9.91 Å². The maximum atomic E-state index is 15.5. The van der Waals surface area contributed by atoms with E-state index in [2.05, 4.69) is 5.43 Å². The zero-order valence-corrected chi connectivity index (χ0v) is 31.0. The van der Waals surface area contributed by atoms with Crippen molar-refractivity contribution in [3.63, 3.8) is 0 Å². The zero-order chi connectivity index (χ0) is 38.9. The number of phenolic OH excluding ortho intramolecular Hbond substituents is 1. The number of hydrazine groups is 1. The molecular weight excluding hydrogens is 748 g/mol. The van der Waals surface area contributed by atoms with E-state index in [1.807, 2.05) is 6.08 Å². The Bertz CT molecular complexity index is 2300. The fourth-order valence-corrected chi connectivity index (χ4v) is 9.69. The van der Waals surface area contributed by atoms with Crippen LogP contribution in [0.4, 0.5) is 11.4 Å². The van der Waals surface area contributed by atoms with Crippen molar-refractivity contribution in [2.75, 3.05) is 24.5 Å². The highest BCUT2D eigenvalue weighted by atomic mass is 35.5. The fourth-order valence-electron chi connectivity index (χ4n) is 9.24. The molecular formula is C40H34BCl2N3O9. The minimum atomic E-state index is -1.83. The first-order valence-electron chi connectivity index (χ1n) is 17.6. The number of halogens is 2. The number of fused-ring (bicyclic) bond motifs is 4. The van der Waals surface area contributed by atoms with Crippen molar-refractivity contribution in [3.8, 4) is 17.2 Å². The van der Waals surface area contributed by atoms with Crippen LogP contribution in [0.2, 0.25) is 10.0 Å². The Morgan fingerprint density at radius 1 is 0.855 bits per heavy atom. The number of imide groups is 2. The van der Waals surface area contributed by atoms with Crippen LogP contribution in [0.5, 0.6) is 17.2 Å². The van der Waals surface area contributed by atoms with Crippen LogP contribution >= 0.6 is 23.2 Å². The van der Waals surface area contributed by atoms with E-state index in [1.54, 1.807) is 54.6 Å². The minimum Gasteiger partial charge on any atom is -0.508 e. The van der Waals surface area contributed by atoms with Crippen molar-refractivity contribution in [2.45, 2.75) is 24.2 Å². The summed E-state index contributed by atoms with van der Waals surface area (Å²) in [4.78, 5) is 60.3. The predicted octanol–water partition coefficient (Wildman–Crippen LogP) is 4.59. The third-order valence-electron chi connectivity index (χ3n) is 11.6. The van der Waals surface area contributed by atoms with Gasteiger partial charge in [-0.15, -0.1) is 0 Å². The molecule has 0 spiro atoms. The van der Waals surface area contributed by atoms with E-state index in [0.29, 0.717) is 21.9 Å².